The minimum absolute atomic E-state index is 0.0691. The molecule has 2 aromatic rings. The summed E-state index contributed by atoms with van der Waals surface area (Å²) in [6.45, 7) is 6.19. The molecule has 5 nitrogen and oxygen atoms in total. The van der Waals surface area contributed by atoms with E-state index in [2.05, 4.69) is 56.0 Å². The first kappa shape index (κ1) is 15.3. The summed E-state index contributed by atoms with van der Waals surface area (Å²) >= 11 is 3.63. The van der Waals surface area contributed by atoms with Crippen molar-refractivity contribution in [2.45, 2.75) is 39.3 Å². The van der Waals surface area contributed by atoms with Gasteiger partial charge in [0.1, 0.15) is 0 Å². The molecule has 0 saturated carbocycles. The van der Waals surface area contributed by atoms with Gasteiger partial charge in [0.15, 0.2) is 0 Å². The van der Waals surface area contributed by atoms with Crippen molar-refractivity contribution >= 4 is 15.9 Å². The first-order valence-electron chi connectivity index (χ1n) is 7.11. The lowest BCUT2D eigenvalue weighted by molar-refractivity contribution is 0.500. The molecule has 0 aromatic carbocycles. The molecular formula is C14H22BrN5. The maximum absolute atomic E-state index is 4.55. The fourth-order valence-corrected chi connectivity index (χ4v) is 2.79. The van der Waals surface area contributed by atoms with Gasteiger partial charge in [-0.15, -0.1) is 0 Å². The lowest BCUT2D eigenvalue weighted by atomic mass is 10.1. The third kappa shape index (κ3) is 3.30. The van der Waals surface area contributed by atoms with Crippen LogP contribution in [-0.4, -0.2) is 26.1 Å². The van der Waals surface area contributed by atoms with E-state index < -0.39 is 0 Å². The molecule has 0 fully saturated rings. The van der Waals surface area contributed by atoms with E-state index in [1.54, 1.807) is 0 Å². The van der Waals surface area contributed by atoms with E-state index in [1.807, 2.05) is 24.1 Å². The second-order valence-corrected chi connectivity index (χ2v) is 5.76. The Labute approximate surface area is 128 Å². The molecule has 2 rings (SSSR count). The molecule has 0 aliphatic carbocycles. The largest absolute Gasteiger partial charge is 0.304 e. The first-order valence-corrected chi connectivity index (χ1v) is 7.90. The molecule has 110 valence electrons. The van der Waals surface area contributed by atoms with Crippen LogP contribution in [0.2, 0.25) is 0 Å². The highest BCUT2D eigenvalue weighted by Crippen LogP contribution is 2.28. The number of halogens is 1. The van der Waals surface area contributed by atoms with Crippen molar-refractivity contribution in [2.75, 3.05) is 6.54 Å². The minimum atomic E-state index is 0.0691. The summed E-state index contributed by atoms with van der Waals surface area (Å²) in [7, 11) is 1.94. The summed E-state index contributed by atoms with van der Waals surface area (Å²) < 4.78 is 4.93. The number of nitrogens with zero attached hydrogens (tertiary/aromatic N) is 4. The number of aryl methyl sites for hydroxylation is 2. The van der Waals surface area contributed by atoms with Crippen LogP contribution >= 0.6 is 15.9 Å². The number of aromatic nitrogens is 4. The van der Waals surface area contributed by atoms with Gasteiger partial charge in [-0.3, -0.25) is 9.36 Å². The normalized spacial score (nSPS) is 12.8. The van der Waals surface area contributed by atoms with Gasteiger partial charge in [0.2, 0.25) is 0 Å². The van der Waals surface area contributed by atoms with Gasteiger partial charge in [-0.25, -0.2) is 0 Å². The van der Waals surface area contributed by atoms with Crippen LogP contribution < -0.4 is 5.32 Å². The molecule has 0 radical (unpaired) electrons. The molecule has 0 bridgehead atoms. The summed E-state index contributed by atoms with van der Waals surface area (Å²) in [5, 5.41) is 12.6. The Morgan fingerprint density at radius 3 is 2.75 bits per heavy atom. The Morgan fingerprint density at radius 2 is 2.15 bits per heavy atom. The molecule has 1 unspecified atom stereocenters. The second kappa shape index (κ2) is 7.04. The van der Waals surface area contributed by atoms with Crippen LogP contribution in [0.15, 0.2) is 22.9 Å². The molecule has 0 aliphatic rings. The van der Waals surface area contributed by atoms with Gasteiger partial charge < -0.3 is 5.32 Å². The molecule has 0 saturated heterocycles. The maximum atomic E-state index is 4.55. The van der Waals surface area contributed by atoms with Crippen molar-refractivity contribution in [3.8, 4) is 0 Å². The molecule has 1 N–H and O–H groups in total. The molecule has 2 aromatic heterocycles. The van der Waals surface area contributed by atoms with Crippen molar-refractivity contribution in [1.29, 1.82) is 0 Å². The predicted molar refractivity (Wildman–Crippen MR) is 83.6 cm³/mol. The average Bonchev–Trinajstić information content (AvgIpc) is 3.00. The van der Waals surface area contributed by atoms with Gasteiger partial charge in [-0.05, 0) is 41.4 Å². The van der Waals surface area contributed by atoms with Crippen LogP contribution in [-0.2, 0) is 13.6 Å². The number of hydrogen-bond acceptors (Lipinski definition) is 3. The Kier molecular flexibility index (Phi) is 5.37. The third-order valence-electron chi connectivity index (χ3n) is 3.17. The Hall–Kier alpha value is -1.14. The lowest BCUT2D eigenvalue weighted by Gasteiger charge is -2.19. The van der Waals surface area contributed by atoms with Gasteiger partial charge >= 0.3 is 0 Å². The van der Waals surface area contributed by atoms with Crippen LogP contribution in [0, 0.1) is 0 Å². The molecule has 6 heteroatoms. The van der Waals surface area contributed by atoms with E-state index in [0.717, 1.165) is 41.8 Å². The molecule has 2 heterocycles. The highest BCUT2D eigenvalue weighted by molar-refractivity contribution is 9.10. The Balaban J connectivity index is 2.37. The van der Waals surface area contributed by atoms with Crippen molar-refractivity contribution in [3.05, 3.63) is 34.3 Å². The summed E-state index contributed by atoms with van der Waals surface area (Å²) in [5.74, 6) is 0. The molecule has 0 aliphatic heterocycles. The van der Waals surface area contributed by atoms with Gasteiger partial charge in [0.25, 0.3) is 0 Å². The minimum Gasteiger partial charge on any atom is -0.304 e. The SMILES string of the molecule is CCCNC(c1ccn(C)n1)c1c(Br)cnn1CCC. The van der Waals surface area contributed by atoms with Gasteiger partial charge in [-0.1, -0.05) is 13.8 Å². The van der Waals surface area contributed by atoms with Gasteiger partial charge in [-0.2, -0.15) is 10.2 Å². The molecule has 0 amide bonds. The monoisotopic (exact) mass is 339 g/mol. The van der Waals surface area contributed by atoms with Crippen LogP contribution in [0.1, 0.15) is 44.1 Å². The predicted octanol–water partition coefficient (Wildman–Crippen LogP) is 2.88. The second-order valence-electron chi connectivity index (χ2n) is 4.90. The average molecular weight is 340 g/mol. The van der Waals surface area contributed by atoms with Gasteiger partial charge in [0.05, 0.1) is 28.1 Å². The van der Waals surface area contributed by atoms with E-state index in [9.17, 15) is 0 Å². The summed E-state index contributed by atoms with van der Waals surface area (Å²) in [6.07, 6.45) is 5.99. The fraction of sp³-hybridized carbons (Fsp3) is 0.571. The van der Waals surface area contributed by atoms with Crippen molar-refractivity contribution in [2.24, 2.45) is 7.05 Å². The molecule has 1 atom stereocenters. The lowest BCUT2D eigenvalue weighted by Crippen LogP contribution is -2.26. The van der Waals surface area contributed by atoms with Gasteiger partial charge in [0, 0.05) is 19.8 Å². The topological polar surface area (TPSA) is 47.7 Å². The number of hydrogen-bond donors (Lipinski definition) is 1. The summed E-state index contributed by atoms with van der Waals surface area (Å²) in [5.41, 5.74) is 2.18. The Morgan fingerprint density at radius 1 is 1.35 bits per heavy atom. The quantitative estimate of drug-likeness (QED) is 0.843. The molecular weight excluding hydrogens is 318 g/mol. The van der Waals surface area contributed by atoms with Crippen LogP contribution in [0.4, 0.5) is 0 Å². The van der Waals surface area contributed by atoms with Crippen LogP contribution in [0.3, 0.4) is 0 Å². The van der Waals surface area contributed by atoms with Crippen molar-refractivity contribution in [1.82, 2.24) is 24.9 Å². The van der Waals surface area contributed by atoms with E-state index in [1.165, 1.54) is 0 Å². The van der Waals surface area contributed by atoms with E-state index in [-0.39, 0.29) is 6.04 Å². The van der Waals surface area contributed by atoms with Crippen molar-refractivity contribution in [3.63, 3.8) is 0 Å². The van der Waals surface area contributed by atoms with Crippen LogP contribution in [0.25, 0.3) is 0 Å². The zero-order valence-corrected chi connectivity index (χ0v) is 13.9. The highest BCUT2D eigenvalue weighted by atomic mass is 79.9. The Bertz CT molecular complexity index is 546. The molecule has 20 heavy (non-hydrogen) atoms. The van der Waals surface area contributed by atoms with E-state index in [4.69, 9.17) is 0 Å². The number of rotatable bonds is 7. The van der Waals surface area contributed by atoms with Crippen molar-refractivity contribution < 1.29 is 0 Å². The number of nitrogens with one attached hydrogen (secondary N) is 1. The maximum Gasteiger partial charge on any atom is 0.0952 e. The summed E-state index contributed by atoms with van der Waals surface area (Å²) in [6, 6.07) is 2.13. The van der Waals surface area contributed by atoms with E-state index in [0.29, 0.717) is 0 Å². The third-order valence-corrected chi connectivity index (χ3v) is 3.78. The zero-order valence-electron chi connectivity index (χ0n) is 12.3. The molecule has 0 spiro atoms. The first-order chi connectivity index (χ1) is 9.67. The summed E-state index contributed by atoms with van der Waals surface area (Å²) in [4.78, 5) is 0. The highest BCUT2D eigenvalue weighted by Gasteiger charge is 2.23. The zero-order chi connectivity index (χ0) is 14.5. The smallest absolute Gasteiger partial charge is 0.0952 e. The fourth-order valence-electron chi connectivity index (χ4n) is 2.27. The van der Waals surface area contributed by atoms with Crippen LogP contribution in [0.5, 0.6) is 0 Å². The van der Waals surface area contributed by atoms with E-state index >= 15 is 0 Å². The standard InChI is InChI=1S/C14H22BrN5/c1-4-7-16-13(12-6-9-19(3)18-12)14-11(15)10-17-20(14)8-5-2/h6,9-10,13,16H,4-5,7-8H2,1-3H3.